The van der Waals surface area contributed by atoms with Crippen LogP contribution in [0, 0.1) is 0 Å². The van der Waals surface area contributed by atoms with Gasteiger partial charge in [0.2, 0.25) is 5.91 Å². The van der Waals surface area contributed by atoms with Gasteiger partial charge in [-0.2, -0.15) is 0 Å². The van der Waals surface area contributed by atoms with Gasteiger partial charge >= 0.3 is 0 Å². The standard InChI is InChI=1S/C5H11NO.C4H10.C3H8/c1-3-5(7)6-4-2;1-3-4-2;1-3-2/h3-4H2,1-2H3,(H,6,7);3-4H2,1-2H3;3H2,1-2H3. The van der Waals surface area contributed by atoms with Gasteiger partial charge in [0.05, 0.1) is 0 Å². The lowest BCUT2D eigenvalue weighted by atomic mass is 10.4. The summed E-state index contributed by atoms with van der Waals surface area (Å²) in [6.07, 6.45) is 4.48. The molecule has 0 saturated heterocycles. The summed E-state index contributed by atoms with van der Waals surface area (Å²) in [4.78, 5) is 10.3. The summed E-state index contributed by atoms with van der Waals surface area (Å²) in [5.41, 5.74) is 0. The van der Waals surface area contributed by atoms with Crippen molar-refractivity contribution in [3.63, 3.8) is 0 Å². The van der Waals surface area contributed by atoms with Crippen molar-refractivity contribution in [1.82, 2.24) is 5.32 Å². The molecule has 1 amide bonds. The zero-order chi connectivity index (χ0) is 11.8. The molecule has 0 aliphatic rings. The number of nitrogens with one attached hydrogen (secondary N) is 1. The zero-order valence-electron chi connectivity index (χ0n) is 10.9. The van der Waals surface area contributed by atoms with Crippen LogP contribution in [0.25, 0.3) is 0 Å². The molecule has 0 fully saturated rings. The topological polar surface area (TPSA) is 29.1 Å². The van der Waals surface area contributed by atoms with E-state index in [2.05, 4.69) is 33.0 Å². The second kappa shape index (κ2) is 22.9. The monoisotopic (exact) mass is 203 g/mol. The molecule has 0 heterocycles. The molecule has 0 bridgehead atoms. The number of carbonyl (C=O) groups is 1. The van der Waals surface area contributed by atoms with Crippen LogP contribution in [0.3, 0.4) is 0 Å². The molecule has 2 nitrogen and oxygen atoms in total. The normalized spacial score (nSPS) is 7.57. The molecule has 0 spiro atoms. The second-order valence-corrected chi connectivity index (χ2v) is 3.01. The van der Waals surface area contributed by atoms with Gasteiger partial charge in [-0.05, 0) is 6.92 Å². The molecule has 14 heavy (non-hydrogen) atoms. The number of carbonyl (C=O) groups excluding carboxylic acids is 1. The molecule has 88 valence electrons. The average Bonchev–Trinajstić information content (AvgIpc) is 2.20. The van der Waals surface area contributed by atoms with E-state index in [1.54, 1.807) is 0 Å². The summed E-state index contributed by atoms with van der Waals surface area (Å²) in [7, 11) is 0. The highest BCUT2D eigenvalue weighted by Crippen LogP contribution is 1.76. The van der Waals surface area contributed by atoms with Crippen LogP contribution in [0.5, 0.6) is 0 Å². The first-order valence-corrected chi connectivity index (χ1v) is 5.90. The van der Waals surface area contributed by atoms with E-state index in [1.807, 2.05) is 13.8 Å². The summed E-state index contributed by atoms with van der Waals surface area (Å²) in [5.74, 6) is 0.127. The van der Waals surface area contributed by atoms with Crippen molar-refractivity contribution < 1.29 is 4.79 Å². The third-order valence-electron chi connectivity index (χ3n) is 1.20. The fraction of sp³-hybridized carbons (Fsp3) is 0.917. The third-order valence-corrected chi connectivity index (χ3v) is 1.20. The maximum atomic E-state index is 10.3. The van der Waals surface area contributed by atoms with Gasteiger partial charge in [-0.3, -0.25) is 4.79 Å². The van der Waals surface area contributed by atoms with Crippen LogP contribution in [-0.2, 0) is 4.79 Å². The van der Waals surface area contributed by atoms with Crippen LogP contribution in [-0.4, -0.2) is 12.5 Å². The predicted molar refractivity (Wildman–Crippen MR) is 65.5 cm³/mol. The van der Waals surface area contributed by atoms with Gasteiger partial charge in [0.25, 0.3) is 0 Å². The fourth-order valence-corrected chi connectivity index (χ4v) is 0.322. The second-order valence-electron chi connectivity index (χ2n) is 3.01. The van der Waals surface area contributed by atoms with E-state index in [0.29, 0.717) is 6.42 Å². The van der Waals surface area contributed by atoms with Crippen molar-refractivity contribution in [1.29, 1.82) is 0 Å². The quantitative estimate of drug-likeness (QED) is 0.743. The minimum atomic E-state index is 0.127. The Bertz CT molecular complexity index is 90.3. The molecule has 1 N–H and O–H groups in total. The van der Waals surface area contributed by atoms with E-state index in [4.69, 9.17) is 0 Å². The SMILES string of the molecule is CCC.CCCC.CCNC(=O)CC. The molecule has 0 atom stereocenters. The van der Waals surface area contributed by atoms with Gasteiger partial charge in [0, 0.05) is 13.0 Å². The van der Waals surface area contributed by atoms with Gasteiger partial charge in [-0.15, -0.1) is 0 Å². The van der Waals surface area contributed by atoms with Crippen molar-refractivity contribution in [2.45, 2.75) is 67.2 Å². The molecular weight excluding hydrogens is 174 g/mol. The summed E-state index contributed by atoms with van der Waals surface area (Å²) in [6, 6.07) is 0. The Labute approximate surface area is 90.5 Å². The van der Waals surface area contributed by atoms with E-state index in [0.717, 1.165) is 6.54 Å². The lowest BCUT2D eigenvalue weighted by Crippen LogP contribution is -2.20. The van der Waals surface area contributed by atoms with Crippen LogP contribution in [0.2, 0.25) is 0 Å². The van der Waals surface area contributed by atoms with E-state index >= 15 is 0 Å². The average molecular weight is 203 g/mol. The van der Waals surface area contributed by atoms with Crippen LogP contribution < -0.4 is 5.32 Å². The third kappa shape index (κ3) is 42.0. The summed E-state index contributed by atoms with van der Waals surface area (Å²) < 4.78 is 0. The van der Waals surface area contributed by atoms with Gasteiger partial charge in [-0.25, -0.2) is 0 Å². The van der Waals surface area contributed by atoms with Crippen molar-refractivity contribution >= 4 is 5.91 Å². The van der Waals surface area contributed by atoms with Gasteiger partial charge < -0.3 is 5.32 Å². The largest absolute Gasteiger partial charge is 0.356 e. The molecule has 0 aromatic rings. The highest BCUT2D eigenvalue weighted by Gasteiger charge is 1.88. The summed E-state index contributed by atoms with van der Waals surface area (Å²) in [5, 5.41) is 2.66. The van der Waals surface area contributed by atoms with Crippen LogP contribution in [0.1, 0.15) is 67.2 Å². The molecular formula is C12H29NO. The number of hydrogen-bond donors (Lipinski definition) is 1. The Morgan fingerprint density at radius 1 is 0.929 bits per heavy atom. The molecule has 0 aliphatic carbocycles. The van der Waals surface area contributed by atoms with E-state index in [9.17, 15) is 4.79 Å². The fourth-order valence-electron chi connectivity index (χ4n) is 0.322. The minimum Gasteiger partial charge on any atom is -0.356 e. The number of unbranched alkanes of at least 4 members (excludes halogenated alkanes) is 1. The lowest BCUT2D eigenvalue weighted by molar-refractivity contribution is -0.120. The van der Waals surface area contributed by atoms with Crippen LogP contribution >= 0.6 is 0 Å². The molecule has 0 saturated carbocycles. The molecule has 0 rings (SSSR count). The van der Waals surface area contributed by atoms with Gasteiger partial charge in [0.1, 0.15) is 0 Å². The van der Waals surface area contributed by atoms with Crippen molar-refractivity contribution in [2.75, 3.05) is 6.54 Å². The minimum absolute atomic E-state index is 0.127. The maximum Gasteiger partial charge on any atom is 0.219 e. The van der Waals surface area contributed by atoms with Crippen LogP contribution in [0.4, 0.5) is 0 Å². The zero-order valence-corrected chi connectivity index (χ0v) is 10.9. The smallest absolute Gasteiger partial charge is 0.219 e. The van der Waals surface area contributed by atoms with Gasteiger partial charge in [0.15, 0.2) is 0 Å². The Morgan fingerprint density at radius 3 is 1.36 bits per heavy atom. The van der Waals surface area contributed by atoms with Crippen molar-refractivity contribution in [3.8, 4) is 0 Å². The molecule has 0 aliphatic heterocycles. The van der Waals surface area contributed by atoms with Crippen molar-refractivity contribution in [2.24, 2.45) is 0 Å². The van der Waals surface area contributed by atoms with Gasteiger partial charge in [-0.1, -0.05) is 53.9 Å². The van der Waals surface area contributed by atoms with E-state index in [1.165, 1.54) is 19.3 Å². The first-order chi connectivity index (χ1) is 6.64. The van der Waals surface area contributed by atoms with Crippen molar-refractivity contribution in [3.05, 3.63) is 0 Å². The number of rotatable bonds is 3. The Balaban J connectivity index is -0.000000147. The number of hydrogen-bond acceptors (Lipinski definition) is 1. The van der Waals surface area contributed by atoms with E-state index in [-0.39, 0.29) is 5.91 Å². The Hall–Kier alpha value is -0.530. The molecule has 0 aromatic carbocycles. The van der Waals surface area contributed by atoms with Crippen LogP contribution in [0.15, 0.2) is 0 Å². The Kier molecular flexibility index (Phi) is 31.2. The molecule has 0 unspecified atom stereocenters. The first-order valence-electron chi connectivity index (χ1n) is 5.90. The molecule has 0 aromatic heterocycles. The predicted octanol–water partition coefficient (Wildman–Crippen LogP) is 3.76. The molecule has 2 heteroatoms. The summed E-state index contributed by atoms with van der Waals surface area (Å²) in [6.45, 7) is 13.1. The highest BCUT2D eigenvalue weighted by atomic mass is 16.1. The van der Waals surface area contributed by atoms with E-state index < -0.39 is 0 Å². The molecule has 0 radical (unpaired) electrons. The lowest BCUT2D eigenvalue weighted by Gasteiger charge is -1.93. The first kappa shape index (κ1) is 19.1. The summed E-state index contributed by atoms with van der Waals surface area (Å²) >= 11 is 0. The Morgan fingerprint density at radius 2 is 1.29 bits per heavy atom. The highest BCUT2D eigenvalue weighted by molar-refractivity contribution is 5.75. The number of amides is 1. The maximum absolute atomic E-state index is 10.3.